The van der Waals surface area contributed by atoms with Gasteiger partial charge in [-0.05, 0) is 45.6 Å². The first kappa shape index (κ1) is 17.9. The summed E-state index contributed by atoms with van der Waals surface area (Å²) < 4.78 is 23.3. The molecule has 1 N–H and O–H groups in total. The highest BCUT2D eigenvalue weighted by Gasteiger charge is 2.16. The highest BCUT2D eigenvalue weighted by atomic mass is 32.2. The number of hydrogen-bond acceptors (Lipinski definition) is 3. The average Bonchev–Trinajstić information content (AvgIpc) is 2.27. The largest absolute Gasteiger partial charge is 0.314 e. The molecule has 0 radical (unpaired) electrons. The van der Waals surface area contributed by atoms with E-state index in [-0.39, 0.29) is 5.25 Å². The first-order valence-electron chi connectivity index (χ1n) is 7.26. The van der Waals surface area contributed by atoms with Crippen LogP contribution < -0.4 is 5.32 Å². The third-order valence-electron chi connectivity index (χ3n) is 3.37. The van der Waals surface area contributed by atoms with Crippen molar-refractivity contribution in [3.63, 3.8) is 0 Å². The molecule has 110 valence electrons. The van der Waals surface area contributed by atoms with Crippen molar-refractivity contribution in [2.75, 3.05) is 12.3 Å². The fraction of sp³-hybridized carbons (Fsp3) is 1.00. The summed E-state index contributed by atoms with van der Waals surface area (Å²) in [5.41, 5.74) is 0. The van der Waals surface area contributed by atoms with Crippen LogP contribution in [0.5, 0.6) is 0 Å². The van der Waals surface area contributed by atoms with Crippen molar-refractivity contribution in [1.29, 1.82) is 0 Å². The maximum absolute atomic E-state index is 11.7. The molecule has 0 amide bonds. The van der Waals surface area contributed by atoms with E-state index in [1.807, 2.05) is 0 Å². The van der Waals surface area contributed by atoms with Crippen molar-refractivity contribution >= 4 is 9.84 Å². The molecule has 1 atom stereocenters. The van der Waals surface area contributed by atoms with Gasteiger partial charge in [-0.1, -0.05) is 27.2 Å². The van der Waals surface area contributed by atoms with Crippen LogP contribution in [0.15, 0.2) is 0 Å². The van der Waals surface area contributed by atoms with Gasteiger partial charge in [0.2, 0.25) is 0 Å². The topological polar surface area (TPSA) is 46.2 Å². The van der Waals surface area contributed by atoms with Crippen molar-refractivity contribution in [3.05, 3.63) is 0 Å². The van der Waals surface area contributed by atoms with Crippen LogP contribution >= 0.6 is 0 Å². The highest BCUT2D eigenvalue weighted by molar-refractivity contribution is 7.91. The third kappa shape index (κ3) is 7.37. The van der Waals surface area contributed by atoms with E-state index in [2.05, 4.69) is 26.1 Å². The molecule has 4 heteroatoms. The molecule has 0 heterocycles. The molecule has 0 aliphatic heterocycles. The first-order chi connectivity index (χ1) is 8.31. The second-order valence-corrected chi connectivity index (χ2v) is 8.39. The molecule has 0 saturated heterocycles. The average molecular weight is 277 g/mol. The number of hydrogen-bond donors (Lipinski definition) is 1. The minimum absolute atomic E-state index is 0.239. The zero-order valence-electron chi connectivity index (χ0n) is 12.7. The highest BCUT2D eigenvalue weighted by Crippen LogP contribution is 2.12. The monoisotopic (exact) mass is 277 g/mol. The van der Waals surface area contributed by atoms with Crippen molar-refractivity contribution in [3.8, 4) is 0 Å². The van der Waals surface area contributed by atoms with Crippen LogP contribution in [0, 0.1) is 5.92 Å². The Hall–Kier alpha value is -0.0900. The Morgan fingerprint density at radius 3 is 2.11 bits per heavy atom. The Bertz CT molecular complexity index is 297. The molecule has 0 bridgehead atoms. The van der Waals surface area contributed by atoms with E-state index in [1.165, 1.54) is 0 Å². The lowest BCUT2D eigenvalue weighted by molar-refractivity contribution is 0.369. The van der Waals surface area contributed by atoms with E-state index >= 15 is 0 Å². The molecular weight excluding hydrogens is 246 g/mol. The van der Waals surface area contributed by atoms with Gasteiger partial charge < -0.3 is 5.32 Å². The summed E-state index contributed by atoms with van der Waals surface area (Å²) in [6, 6.07) is 0.520. The fourth-order valence-corrected chi connectivity index (χ4v) is 2.98. The van der Waals surface area contributed by atoms with E-state index in [1.54, 1.807) is 13.8 Å². The van der Waals surface area contributed by atoms with E-state index in [0.717, 1.165) is 32.2 Å². The summed E-state index contributed by atoms with van der Waals surface area (Å²) in [5.74, 6) is 0.946. The second kappa shape index (κ2) is 8.92. The van der Waals surface area contributed by atoms with E-state index in [9.17, 15) is 8.42 Å². The van der Waals surface area contributed by atoms with Crippen molar-refractivity contribution in [1.82, 2.24) is 5.32 Å². The van der Waals surface area contributed by atoms with Crippen molar-refractivity contribution in [2.45, 2.75) is 71.6 Å². The Labute approximate surface area is 114 Å². The van der Waals surface area contributed by atoms with Gasteiger partial charge in [-0.3, -0.25) is 0 Å². The van der Waals surface area contributed by atoms with Gasteiger partial charge in [-0.2, -0.15) is 0 Å². The lowest BCUT2D eigenvalue weighted by Gasteiger charge is -2.22. The van der Waals surface area contributed by atoms with Crippen LogP contribution in [0.3, 0.4) is 0 Å². The molecule has 0 aromatic heterocycles. The lowest BCUT2D eigenvalue weighted by atomic mass is 9.98. The molecule has 0 fully saturated rings. The lowest BCUT2D eigenvalue weighted by Crippen LogP contribution is -2.34. The summed E-state index contributed by atoms with van der Waals surface area (Å²) in [5, 5.41) is 3.30. The zero-order chi connectivity index (χ0) is 14.2. The van der Waals surface area contributed by atoms with Crippen LogP contribution in [0.4, 0.5) is 0 Å². The van der Waals surface area contributed by atoms with E-state index in [4.69, 9.17) is 0 Å². The minimum atomic E-state index is -2.85. The van der Waals surface area contributed by atoms with Gasteiger partial charge >= 0.3 is 0 Å². The standard InChI is InChI=1S/C14H31NO2S/c1-6-10-15-14(12(2)3)9-7-8-11-18(16,17)13(4)5/h12-15H,6-11H2,1-5H3. The molecule has 3 nitrogen and oxygen atoms in total. The Kier molecular flexibility index (Phi) is 8.87. The van der Waals surface area contributed by atoms with Gasteiger partial charge in [-0.15, -0.1) is 0 Å². The maximum Gasteiger partial charge on any atom is 0.152 e. The summed E-state index contributed by atoms with van der Waals surface area (Å²) in [6.45, 7) is 11.2. The predicted molar refractivity (Wildman–Crippen MR) is 79.7 cm³/mol. The van der Waals surface area contributed by atoms with Crippen LogP contribution in [-0.2, 0) is 9.84 Å². The minimum Gasteiger partial charge on any atom is -0.314 e. The van der Waals surface area contributed by atoms with Gasteiger partial charge in [-0.25, -0.2) is 8.42 Å². The molecule has 18 heavy (non-hydrogen) atoms. The van der Waals surface area contributed by atoms with Crippen molar-refractivity contribution < 1.29 is 8.42 Å². The summed E-state index contributed by atoms with van der Waals surface area (Å²) >= 11 is 0. The SMILES string of the molecule is CCCNC(CCCCS(=O)(=O)C(C)C)C(C)C. The zero-order valence-corrected chi connectivity index (χ0v) is 13.5. The Morgan fingerprint density at radius 1 is 1.06 bits per heavy atom. The normalized spacial score (nSPS) is 14.4. The van der Waals surface area contributed by atoms with Gasteiger partial charge in [0.15, 0.2) is 9.84 Å². The molecule has 0 aromatic carbocycles. The molecule has 0 aromatic rings. The van der Waals surface area contributed by atoms with Gasteiger partial charge in [0.25, 0.3) is 0 Å². The predicted octanol–water partition coefficient (Wildman–Crippen LogP) is 3.00. The van der Waals surface area contributed by atoms with Gasteiger partial charge in [0.1, 0.15) is 0 Å². The number of rotatable bonds is 10. The Balaban J connectivity index is 3.93. The van der Waals surface area contributed by atoms with Gasteiger partial charge in [0, 0.05) is 6.04 Å². The molecule has 0 aliphatic rings. The molecule has 0 rings (SSSR count). The van der Waals surface area contributed by atoms with Gasteiger partial charge in [0.05, 0.1) is 11.0 Å². The Morgan fingerprint density at radius 2 is 1.67 bits per heavy atom. The summed E-state index contributed by atoms with van der Waals surface area (Å²) in [7, 11) is -2.85. The van der Waals surface area contributed by atoms with Crippen LogP contribution in [0.2, 0.25) is 0 Å². The molecule has 1 unspecified atom stereocenters. The smallest absolute Gasteiger partial charge is 0.152 e. The van der Waals surface area contributed by atoms with Crippen molar-refractivity contribution in [2.24, 2.45) is 5.92 Å². The van der Waals surface area contributed by atoms with E-state index in [0.29, 0.717) is 17.7 Å². The third-order valence-corrected chi connectivity index (χ3v) is 5.67. The summed E-state index contributed by atoms with van der Waals surface area (Å²) in [4.78, 5) is 0. The summed E-state index contributed by atoms with van der Waals surface area (Å²) in [6.07, 6.45) is 4.00. The maximum atomic E-state index is 11.7. The first-order valence-corrected chi connectivity index (χ1v) is 8.97. The molecule has 0 spiro atoms. The number of sulfone groups is 1. The number of unbranched alkanes of at least 4 members (excludes halogenated alkanes) is 1. The molecular formula is C14H31NO2S. The van der Waals surface area contributed by atoms with Crippen LogP contribution in [-0.4, -0.2) is 32.0 Å². The quantitative estimate of drug-likeness (QED) is 0.624. The number of nitrogens with one attached hydrogen (secondary N) is 1. The molecule has 0 aliphatic carbocycles. The second-order valence-electron chi connectivity index (χ2n) is 5.72. The molecule has 0 saturated carbocycles. The van der Waals surface area contributed by atoms with E-state index < -0.39 is 9.84 Å². The van der Waals surface area contributed by atoms with Crippen LogP contribution in [0.25, 0.3) is 0 Å². The fourth-order valence-electron chi connectivity index (χ4n) is 1.90. The van der Waals surface area contributed by atoms with Crippen LogP contribution in [0.1, 0.15) is 60.3 Å².